The molecule has 1 aliphatic heterocycles. The summed E-state index contributed by atoms with van der Waals surface area (Å²) in [6.45, 7) is 10.2. The normalized spacial score (nSPS) is 17.9. The van der Waals surface area contributed by atoms with Gasteiger partial charge in [0.15, 0.2) is 0 Å². The smallest absolute Gasteiger partial charge is 0.399 e. The van der Waals surface area contributed by atoms with E-state index in [0.717, 1.165) is 24.0 Å². The number of aryl methyl sites for hydroxylation is 1. The molecule has 0 saturated carbocycles. The lowest BCUT2D eigenvalue weighted by molar-refractivity contribution is 0.00578. The minimum absolute atomic E-state index is 0.431. The first-order valence-corrected chi connectivity index (χ1v) is 9.39. The van der Waals surface area contributed by atoms with Crippen molar-refractivity contribution in [2.24, 2.45) is 5.73 Å². The summed E-state index contributed by atoms with van der Waals surface area (Å²) < 4.78 is 12.3. The van der Waals surface area contributed by atoms with E-state index in [1.807, 2.05) is 52.0 Å². The fourth-order valence-electron chi connectivity index (χ4n) is 3.18. The van der Waals surface area contributed by atoms with Crippen LogP contribution in [0, 0.1) is 0 Å². The predicted molar refractivity (Wildman–Crippen MR) is 108 cm³/mol. The Morgan fingerprint density at radius 2 is 1.78 bits per heavy atom. The molecule has 2 N–H and O–H groups in total. The zero-order valence-electron chi connectivity index (χ0n) is 16.7. The summed E-state index contributed by atoms with van der Waals surface area (Å²) in [4.78, 5) is 16.4. The number of pyridine rings is 1. The number of nitrogens with zero attached hydrogens (tertiary/aromatic N) is 1. The van der Waals surface area contributed by atoms with E-state index in [1.165, 1.54) is 5.56 Å². The molecule has 1 saturated heterocycles. The first-order chi connectivity index (χ1) is 12.6. The number of nitrogens with two attached hydrogens (primary N) is 1. The van der Waals surface area contributed by atoms with E-state index in [0.29, 0.717) is 11.1 Å². The Kier molecular flexibility index (Phi) is 5.15. The van der Waals surface area contributed by atoms with Gasteiger partial charge in [-0.3, -0.25) is 9.78 Å². The third-order valence-corrected chi connectivity index (χ3v) is 5.47. The Labute approximate surface area is 161 Å². The Morgan fingerprint density at radius 1 is 1.11 bits per heavy atom. The Hall–Kier alpha value is -2.18. The summed E-state index contributed by atoms with van der Waals surface area (Å²) in [5, 5.41) is 0. The molecule has 5 nitrogen and oxygen atoms in total. The molecule has 1 aromatic heterocycles. The lowest BCUT2D eigenvalue weighted by Crippen LogP contribution is -2.41. The first kappa shape index (κ1) is 19.6. The van der Waals surface area contributed by atoms with Gasteiger partial charge in [0.05, 0.1) is 16.9 Å². The molecule has 27 heavy (non-hydrogen) atoms. The molecule has 0 unspecified atom stereocenters. The SMILES string of the molecule is CCCc1ccnc(-c2cc(B3OC(C)(C)C(C)(C)O3)ccc2C(N)=O)c1. The van der Waals surface area contributed by atoms with E-state index in [-0.39, 0.29) is 0 Å². The summed E-state index contributed by atoms with van der Waals surface area (Å²) in [6.07, 6.45) is 3.77. The number of primary amides is 1. The van der Waals surface area contributed by atoms with Crippen molar-refractivity contribution < 1.29 is 14.1 Å². The molecule has 2 aromatic rings. The van der Waals surface area contributed by atoms with Crippen LogP contribution in [-0.4, -0.2) is 29.2 Å². The standard InChI is InChI=1S/C21H27BN2O3/c1-6-7-14-10-11-24-18(12-14)17-13-15(8-9-16(17)19(23)25)22-26-20(2,3)21(4,5)27-22/h8-13H,6-7H2,1-5H3,(H2,23,25). The van der Waals surface area contributed by atoms with Gasteiger partial charge in [0.25, 0.3) is 0 Å². The van der Waals surface area contributed by atoms with Crippen molar-refractivity contribution in [3.63, 3.8) is 0 Å². The number of benzene rings is 1. The average molecular weight is 366 g/mol. The number of aromatic nitrogens is 1. The molecule has 0 spiro atoms. The van der Waals surface area contributed by atoms with Crippen LogP contribution in [0.15, 0.2) is 36.5 Å². The number of hydrogen-bond donors (Lipinski definition) is 1. The second kappa shape index (κ2) is 7.10. The molecule has 0 aliphatic carbocycles. The highest BCUT2D eigenvalue weighted by atomic mass is 16.7. The maximum atomic E-state index is 12.0. The third-order valence-electron chi connectivity index (χ3n) is 5.47. The summed E-state index contributed by atoms with van der Waals surface area (Å²) >= 11 is 0. The van der Waals surface area contributed by atoms with Crippen LogP contribution in [0.2, 0.25) is 0 Å². The van der Waals surface area contributed by atoms with Gasteiger partial charge in [0, 0.05) is 17.3 Å². The van der Waals surface area contributed by atoms with Crippen LogP contribution >= 0.6 is 0 Å². The summed E-state index contributed by atoms with van der Waals surface area (Å²) in [7, 11) is -0.505. The molecule has 1 aromatic carbocycles. The molecule has 0 atom stereocenters. The largest absolute Gasteiger partial charge is 0.494 e. The van der Waals surface area contributed by atoms with E-state index in [2.05, 4.69) is 11.9 Å². The highest BCUT2D eigenvalue weighted by Crippen LogP contribution is 2.36. The zero-order chi connectivity index (χ0) is 19.8. The van der Waals surface area contributed by atoms with Gasteiger partial charge in [0.2, 0.25) is 5.91 Å². The number of carbonyl (C=O) groups is 1. The average Bonchev–Trinajstić information content (AvgIpc) is 2.82. The molecule has 3 rings (SSSR count). The van der Waals surface area contributed by atoms with Crippen molar-refractivity contribution in [2.45, 2.75) is 58.7 Å². The summed E-state index contributed by atoms with van der Waals surface area (Å²) in [6, 6.07) is 9.47. The minimum Gasteiger partial charge on any atom is -0.399 e. The van der Waals surface area contributed by atoms with E-state index < -0.39 is 24.2 Å². The van der Waals surface area contributed by atoms with Gasteiger partial charge in [-0.1, -0.05) is 25.5 Å². The second-order valence-corrected chi connectivity index (χ2v) is 8.06. The van der Waals surface area contributed by atoms with Crippen LogP contribution < -0.4 is 11.2 Å². The zero-order valence-corrected chi connectivity index (χ0v) is 16.7. The van der Waals surface area contributed by atoms with Crippen molar-refractivity contribution >= 4 is 18.5 Å². The van der Waals surface area contributed by atoms with Gasteiger partial charge >= 0.3 is 7.12 Å². The van der Waals surface area contributed by atoms with Crippen LogP contribution in [0.1, 0.15) is 57.0 Å². The Morgan fingerprint density at radius 3 is 2.37 bits per heavy atom. The van der Waals surface area contributed by atoms with Crippen LogP contribution in [0.3, 0.4) is 0 Å². The lowest BCUT2D eigenvalue weighted by atomic mass is 9.77. The molecular weight excluding hydrogens is 339 g/mol. The fraction of sp³-hybridized carbons (Fsp3) is 0.429. The van der Waals surface area contributed by atoms with E-state index in [9.17, 15) is 4.79 Å². The molecule has 0 radical (unpaired) electrons. The maximum absolute atomic E-state index is 12.0. The van der Waals surface area contributed by atoms with Crippen LogP contribution in [0.4, 0.5) is 0 Å². The quantitative estimate of drug-likeness (QED) is 0.826. The van der Waals surface area contributed by atoms with Crippen molar-refractivity contribution in [2.75, 3.05) is 0 Å². The highest BCUT2D eigenvalue weighted by molar-refractivity contribution is 6.62. The fourth-order valence-corrected chi connectivity index (χ4v) is 3.18. The second-order valence-electron chi connectivity index (χ2n) is 8.06. The van der Waals surface area contributed by atoms with Crippen molar-refractivity contribution in [3.8, 4) is 11.3 Å². The molecule has 1 aliphatic rings. The van der Waals surface area contributed by atoms with Crippen LogP contribution in [0.25, 0.3) is 11.3 Å². The number of rotatable bonds is 5. The molecule has 1 amide bonds. The van der Waals surface area contributed by atoms with E-state index >= 15 is 0 Å². The van der Waals surface area contributed by atoms with Crippen LogP contribution in [-0.2, 0) is 15.7 Å². The summed E-state index contributed by atoms with van der Waals surface area (Å²) in [5.41, 5.74) is 8.64. The molecule has 0 bridgehead atoms. The van der Waals surface area contributed by atoms with Gasteiger partial charge in [-0.2, -0.15) is 0 Å². The third kappa shape index (κ3) is 3.78. The van der Waals surface area contributed by atoms with Crippen molar-refractivity contribution in [3.05, 3.63) is 47.7 Å². The maximum Gasteiger partial charge on any atom is 0.494 e. The Balaban J connectivity index is 2.05. The van der Waals surface area contributed by atoms with Gasteiger partial charge < -0.3 is 15.0 Å². The number of hydrogen-bond acceptors (Lipinski definition) is 4. The molecule has 6 heteroatoms. The van der Waals surface area contributed by atoms with Crippen LogP contribution in [0.5, 0.6) is 0 Å². The molecule has 2 heterocycles. The first-order valence-electron chi connectivity index (χ1n) is 9.39. The molecule has 142 valence electrons. The number of carbonyl (C=O) groups excluding carboxylic acids is 1. The van der Waals surface area contributed by atoms with Crippen molar-refractivity contribution in [1.29, 1.82) is 0 Å². The van der Waals surface area contributed by atoms with E-state index in [4.69, 9.17) is 15.0 Å². The topological polar surface area (TPSA) is 74.4 Å². The lowest BCUT2D eigenvalue weighted by Gasteiger charge is -2.32. The highest BCUT2D eigenvalue weighted by Gasteiger charge is 2.51. The predicted octanol–water partition coefficient (Wildman–Crippen LogP) is 3.10. The monoisotopic (exact) mass is 366 g/mol. The van der Waals surface area contributed by atoms with Gasteiger partial charge in [-0.05, 0) is 63.3 Å². The minimum atomic E-state index is -0.505. The molecular formula is C21H27BN2O3. The van der Waals surface area contributed by atoms with Gasteiger partial charge in [-0.25, -0.2) is 0 Å². The van der Waals surface area contributed by atoms with E-state index in [1.54, 1.807) is 12.3 Å². The molecule has 1 fully saturated rings. The van der Waals surface area contributed by atoms with Crippen molar-refractivity contribution in [1.82, 2.24) is 4.98 Å². The van der Waals surface area contributed by atoms with Gasteiger partial charge in [-0.15, -0.1) is 0 Å². The van der Waals surface area contributed by atoms with Gasteiger partial charge in [0.1, 0.15) is 0 Å². The number of amides is 1. The summed E-state index contributed by atoms with van der Waals surface area (Å²) in [5.74, 6) is -0.479. The Bertz CT molecular complexity index is 848.